The summed E-state index contributed by atoms with van der Waals surface area (Å²) >= 11 is 3.43. The SMILES string of the molecule is Brc1ccc2c(c1)oc1ccccc12.F.I.Nc1ccc(-c2cccc3ccccc23)cc1.c1ccc2c(-c3ccc(N(c4ccc5c(c4)oc4ccccc45)c4ccc5c(c4)oc4ccccc45)cc3)cccc2c1. The van der Waals surface area contributed by atoms with E-state index in [-0.39, 0.29) is 28.7 Å². The average Bonchev–Trinajstić information content (AvgIpc) is 4.15. The Labute approximate surface area is 462 Å². The number of hydrogen-bond acceptors (Lipinski definition) is 5. The van der Waals surface area contributed by atoms with Crippen LogP contribution in [0.3, 0.4) is 0 Å². The highest BCUT2D eigenvalue weighted by molar-refractivity contribution is 14.0. The summed E-state index contributed by atoms with van der Waals surface area (Å²) in [5.41, 5.74) is 19.8. The van der Waals surface area contributed by atoms with Crippen LogP contribution in [-0.2, 0) is 0 Å². The van der Waals surface area contributed by atoms with Gasteiger partial charge in [-0.15, -0.1) is 24.0 Å². The van der Waals surface area contributed by atoms with Gasteiger partial charge in [-0.05, 0) is 129 Å². The standard InChI is InChI=1S/C40H25NO2.C16H13N.C12H7BrO.FH.HI/c1-2-10-31-26(8-1)9-7-13-32(31)27-16-18-28(19-17-27)41(29-20-22-35-33-11-3-5-14-37(33)42-39(35)24-29)30-21-23-36-34-12-4-6-15-38(34)43-40(36)25-30;17-14-10-8-13(9-11-14)16-7-3-5-12-4-1-2-6-15(12)16;13-8-5-6-10-9-3-1-2-4-11(9)14-12(10)7-8;;/h1-25H;1-11H,17H2;1-7H;2*1H. The van der Waals surface area contributed by atoms with Gasteiger partial charge in [-0.1, -0.05) is 180 Å². The third-order valence-corrected chi connectivity index (χ3v) is 14.3. The maximum atomic E-state index is 6.30. The quantitative estimate of drug-likeness (QED) is 0.137. The summed E-state index contributed by atoms with van der Waals surface area (Å²) in [4.78, 5) is 2.27. The van der Waals surface area contributed by atoms with Crippen molar-refractivity contribution in [2.45, 2.75) is 0 Å². The first-order chi connectivity index (χ1) is 36.5. The van der Waals surface area contributed by atoms with E-state index >= 15 is 0 Å². The number of nitrogen functional groups attached to an aromatic ring is 1. The van der Waals surface area contributed by atoms with Crippen LogP contribution >= 0.6 is 39.9 Å². The largest absolute Gasteiger partial charge is 0.456 e. The van der Waals surface area contributed by atoms with Crippen molar-refractivity contribution in [3.63, 3.8) is 0 Å². The van der Waals surface area contributed by atoms with Gasteiger partial charge in [0.1, 0.15) is 33.5 Å². The van der Waals surface area contributed by atoms with Crippen LogP contribution in [-0.4, -0.2) is 0 Å². The number of nitrogens with two attached hydrogens (primary N) is 1. The van der Waals surface area contributed by atoms with Crippen molar-refractivity contribution < 1.29 is 18.0 Å². The van der Waals surface area contributed by atoms with Crippen LogP contribution in [0.4, 0.5) is 27.5 Å². The molecule has 0 bridgehead atoms. The van der Waals surface area contributed by atoms with Gasteiger partial charge in [0.15, 0.2) is 0 Å². The first-order valence-electron chi connectivity index (χ1n) is 24.6. The summed E-state index contributed by atoms with van der Waals surface area (Å²) in [6.45, 7) is 0. The molecular formula is C68H47BrFIN2O3. The Morgan fingerprint density at radius 3 is 1.11 bits per heavy atom. The highest BCUT2D eigenvalue weighted by Crippen LogP contribution is 2.42. The van der Waals surface area contributed by atoms with Gasteiger partial charge >= 0.3 is 0 Å². The first kappa shape index (κ1) is 49.5. The summed E-state index contributed by atoms with van der Waals surface area (Å²) in [5, 5.41) is 11.8. The van der Waals surface area contributed by atoms with Gasteiger partial charge in [-0.2, -0.15) is 0 Å². The second-order valence-corrected chi connectivity index (χ2v) is 19.3. The molecule has 0 unspecified atom stereocenters. The molecule has 0 aliphatic rings. The molecule has 0 atom stereocenters. The number of nitrogens with zero attached hydrogens (tertiary/aromatic N) is 1. The molecule has 12 aromatic carbocycles. The van der Waals surface area contributed by atoms with E-state index in [9.17, 15) is 0 Å². The van der Waals surface area contributed by atoms with E-state index in [0.29, 0.717) is 0 Å². The van der Waals surface area contributed by atoms with E-state index < -0.39 is 0 Å². The van der Waals surface area contributed by atoms with Gasteiger partial charge < -0.3 is 23.9 Å². The molecular weight excluding hydrogens is 1120 g/mol. The van der Waals surface area contributed by atoms with E-state index in [0.717, 1.165) is 82.3 Å². The number of para-hydroxylation sites is 3. The average molecular weight is 1170 g/mol. The molecule has 76 heavy (non-hydrogen) atoms. The maximum absolute atomic E-state index is 6.30. The van der Waals surface area contributed by atoms with E-state index in [4.69, 9.17) is 19.0 Å². The molecule has 15 rings (SSSR count). The molecule has 0 radical (unpaired) electrons. The summed E-state index contributed by atoms with van der Waals surface area (Å²) in [5.74, 6) is 0. The van der Waals surface area contributed by atoms with Crippen molar-refractivity contribution in [2.75, 3.05) is 10.6 Å². The third kappa shape index (κ3) is 9.42. The Morgan fingerprint density at radius 2 is 0.645 bits per heavy atom. The topological polar surface area (TPSA) is 68.7 Å². The molecule has 0 fully saturated rings. The van der Waals surface area contributed by atoms with Crippen molar-refractivity contribution >= 4 is 150 Å². The summed E-state index contributed by atoms with van der Waals surface area (Å²) < 4.78 is 19.3. The number of anilines is 4. The lowest BCUT2D eigenvalue weighted by atomic mass is 9.98. The lowest BCUT2D eigenvalue weighted by Crippen LogP contribution is -2.09. The number of hydrogen-bond donors (Lipinski definition) is 1. The molecule has 0 saturated heterocycles. The minimum absolute atomic E-state index is 0. The minimum atomic E-state index is 0. The zero-order chi connectivity index (χ0) is 49.5. The molecule has 368 valence electrons. The van der Waals surface area contributed by atoms with Crippen LogP contribution in [0.2, 0.25) is 0 Å². The monoisotopic (exact) mass is 1160 g/mol. The van der Waals surface area contributed by atoms with Gasteiger partial charge in [0, 0.05) is 71.7 Å². The Morgan fingerprint density at radius 1 is 0.303 bits per heavy atom. The van der Waals surface area contributed by atoms with Crippen molar-refractivity contribution in [1.82, 2.24) is 0 Å². The summed E-state index contributed by atoms with van der Waals surface area (Å²) in [6.07, 6.45) is 0. The van der Waals surface area contributed by atoms with Crippen molar-refractivity contribution in [3.8, 4) is 22.3 Å². The zero-order valence-corrected chi connectivity index (χ0v) is 44.7. The fourth-order valence-electron chi connectivity index (χ4n) is 10.3. The molecule has 5 nitrogen and oxygen atoms in total. The Hall–Kier alpha value is -8.70. The molecule has 8 heteroatoms. The maximum Gasteiger partial charge on any atom is 0.137 e. The van der Waals surface area contributed by atoms with E-state index in [2.05, 4.69) is 215 Å². The molecule has 2 N–H and O–H groups in total. The minimum Gasteiger partial charge on any atom is -0.456 e. The smallest absolute Gasteiger partial charge is 0.137 e. The summed E-state index contributed by atoms with van der Waals surface area (Å²) in [7, 11) is 0. The van der Waals surface area contributed by atoms with Gasteiger partial charge in [0.25, 0.3) is 0 Å². The summed E-state index contributed by atoms with van der Waals surface area (Å²) in [6, 6.07) is 90.2. The zero-order valence-electron chi connectivity index (χ0n) is 40.8. The van der Waals surface area contributed by atoms with Crippen molar-refractivity contribution in [1.29, 1.82) is 0 Å². The van der Waals surface area contributed by atoms with Crippen LogP contribution in [0.1, 0.15) is 0 Å². The Bertz CT molecular complexity index is 4420. The van der Waals surface area contributed by atoms with Crippen LogP contribution in [0.15, 0.2) is 279 Å². The van der Waals surface area contributed by atoms with Crippen molar-refractivity contribution in [3.05, 3.63) is 265 Å². The Balaban J connectivity index is 0.000000152. The second kappa shape index (κ2) is 21.3. The van der Waals surface area contributed by atoms with Crippen molar-refractivity contribution in [2.24, 2.45) is 0 Å². The van der Waals surface area contributed by atoms with Crippen LogP contribution < -0.4 is 10.6 Å². The predicted molar refractivity (Wildman–Crippen MR) is 332 cm³/mol. The van der Waals surface area contributed by atoms with E-state index in [1.807, 2.05) is 66.7 Å². The van der Waals surface area contributed by atoms with Crippen LogP contribution in [0.25, 0.3) is 110 Å². The molecule has 0 saturated carbocycles. The van der Waals surface area contributed by atoms with Crippen LogP contribution in [0, 0.1) is 0 Å². The van der Waals surface area contributed by atoms with E-state index in [1.165, 1.54) is 54.6 Å². The van der Waals surface area contributed by atoms with Gasteiger partial charge in [-0.3, -0.25) is 4.70 Å². The van der Waals surface area contributed by atoms with Gasteiger partial charge in [0.2, 0.25) is 0 Å². The number of benzene rings is 12. The number of furan rings is 3. The molecule has 0 amide bonds. The third-order valence-electron chi connectivity index (χ3n) is 13.8. The van der Waals surface area contributed by atoms with Gasteiger partial charge in [0.05, 0.1) is 0 Å². The number of rotatable bonds is 5. The highest BCUT2D eigenvalue weighted by Gasteiger charge is 2.18. The number of halogens is 3. The lowest BCUT2D eigenvalue weighted by molar-refractivity contribution is 0.668. The molecule has 0 aliphatic heterocycles. The highest BCUT2D eigenvalue weighted by atomic mass is 127. The molecule has 3 aromatic heterocycles. The molecule has 15 aromatic rings. The van der Waals surface area contributed by atoms with Gasteiger partial charge in [-0.25, -0.2) is 0 Å². The molecule has 0 aliphatic carbocycles. The second-order valence-electron chi connectivity index (χ2n) is 18.4. The molecule has 0 spiro atoms. The predicted octanol–water partition coefficient (Wildman–Crippen LogP) is 21.0. The lowest BCUT2D eigenvalue weighted by Gasteiger charge is -2.25. The number of fused-ring (bicyclic) bond motifs is 11. The molecule has 3 heterocycles. The fraction of sp³-hybridized carbons (Fsp3) is 0. The van der Waals surface area contributed by atoms with E-state index in [1.54, 1.807) is 0 Å². The first-order valence-corrected chi connectivity index (χ1v) is 25.4. The van der Waals surface area contributed by atoms with Crippen LogP contribution in [0.5, 0.6) is 0 Å². The fourth-order valence-corrected chi connectivity index (χ4v) is 10.6. The normalized spacial score (nSPS) is 11.1. The Kier molecular flexibility index (Phi) is 13.9.